The van der Waals surface area contributed by atoms with Crippen molar-refractivity contribution in [2.24, 2.45) is 0 Å². The van der Waals surface area contributed by atoms with E-state index in [9.17, 15) is 0 Å². The van der Waals surface area contributed by atoms with Gasteiger partial charge in [0.05, 0.1) is 0 Å². The van der Waals surface area contributed by atoms with Gasteiger partial charge in [0.1, 0.15) is 0 Å². The molecule has 12 heavy (non-hydrogen) atoms. The molecule has 0 unspecified atom stereocenters. The molecule has 0 saturated carbocycles. The molecule has 1 aromatic rings. The zero-order chi connectivity index (χ0) is 8.27. The number of rotatable bonds is 2. The van der Waals surface area contributed by atoms with E-state index in [2.05, 4.69) is 39.0 Å². The molecule has 1 radical (unpaired) electrons. The van der Waals surface area contributed by atoms with E-state index in [-0.39, 0.29) is 32.7 Å². The van der Waals surface area contributed by atoms with E-state index < -0.39 is 0 Å². The minimum absolute atomic E-state index is 0. The second-order valence-corrected chi connectivity index (χ2v) is 2.88. The van der Waals surface area contributed by atoms with Gasteiger partial charge in [-0.2, -0.15) is 30.5 Å². The molecule has 0 fully saturated rings. The van der Waals surface area contributed by atoms with Gasteiger partial charge >= 0.3 is 0 Å². The van der Waals surface area contributed by atoms with E-state index >= 15 is 0 Å². The summed E-state index contributed by atoms with van der Waals surface area (Å²) in [6.07, 6.45) is 1.99. The molecule has 1 heteroatoms. The zero-order valence-corrected chi connectivity index (χ0v) is 10.5. The van der Waals surface area contributed by atoms with E-state index in [1.54, 1.807) is 0 Å². The third-order valence-electron chi connectivity index (χ3n) is 1.81. The van der Waals surface area contributed by atoms with Gasteiger partial charge in [-0.3, -0.25) is 0 Å². The third-order valence-corrected chi connectivity index (χ3v) is 1.81. The molecule has 0 nitrogen and oxygen atoms in total. The average molecular weight is 235 g/mol. The Morgan fingerprint density at radius 3 is 2.58 bits per heavy atom. The van der Waals surface area contributed by atoms with Crippen LogP contribution in [0.1, 0.15) is 23.1 Å². The molecule has 0 bridgehead atoms. The molecule has 0 spiro atoms. The largest absolute Gasteiger partial charge is 0.344 e. The van der Waals surface area contributed by atoms with Gasteiger partial charge in [0.2, 0.25) is 0 Å². The van der Waals surface area contributed by atoms with E-state index in [4.69, 9.17) is 0 Å². The summed E-state index contributed by atoms with van der Waals surface area (Å²) in [5.41, 5.74) is 3.78. The number of aryl methyl sites for hydroxylation is 2. The molecule has 0 aliphatic heterocycles. The van der Waals surface area contributed by atoms with E-state index in [0.29, 0.717) is 0 Å². The van der Waals surface area contributed by atoms with Crippen LogP contribution < -0.4 is 0 Å². The maximum Gasteiger partial charge on any atom is 0 e. The SMILES string of the molecule is [CH2-]CCc1cc(C)ccc1[CH2-].[Y]. The number of hydrogen-bond acceptors (Lipinski definition) is 0. The van der Waals surface area contributed by atoms with Crippen molar-refractivity contribution in [2.75, 3.05) is 0 Å². The van der Waals surface area contributed by atoms with Crippen LogP contribution in [-0.4, -0.2) is 0 Å². The van der Waals surface area contributed by atoms with Crippen LogP contribution in [0.2, 0.25) is 0 Å². The monoisotopic (exact) mass is 235 g/mol. The van der Waals surface area contributed by atoms with Gasteiger partial charge < -0.3 is 6.92 Å². The molecule has 0 N–H and O–H groups in total. The van der Waals surface area contributed by atoms with Gasteiger partial charge in [-0.05, 0) is 6.92 Å². The van der Waals surface area contributed by atoms with Crippen LogP contribution in [0, 0.1) is 20.8 Å². The smallest absolute Gasteiger partial charge is 0 e. The van der Waals surface area contributed by atoms with Crippen molar-refractivity contribution in [3.63, 3.8) is 0 Å². The van der Waals surface area contributed by atoms with Gasteiger partial charge in [0, 0.05) is 32.7 Å². The standard InChI is InChI=1S/C11H14.Y/c1-4-5-11-8-9(2)6-7-10(11)3;/h6-8H,1,3-5H2,2H3;/q-2;. The van der Waals surface area contributed by atoms with Crippen molar-refractivity contribution in [2.45, 2.75) is 19.8 Å². The fourth-order valence-electron chi connectivity index (χ4n) is 1.18. The van der Waals surface area contributed by atoms with Crippen LogP contribution in [-0.2, 0) is 39.1 Å². The molecular weight excluding hydrogens is 221 g/mol. The summed E-state index contributed by atoms with van der Waals surface area (Å²) in [5.74, 6) is 0. The summed E-state index contributed by atoms with van der Waals surface area (Å²) in [4.78, 5) is 0. The predicted octanol–water partition coefficient (Wildman–Crippen LogP) is 2.94. The first-order valence-corrected chi connectivity index (χ1v) is 3.95. The maximum atomic E-state index is 3.95. The molecule has 0 aliphatic carbocycles. The van der Waals surface area contributed by atoms with Crippen LogP contribution in [0.3, 0.4) is 0 Å². The van der Waals surface area contributed by atoms with Crippen molar-refractivity contribution >= 4 is 0 Å². The minimum Gasteiger partial charge on any atom is -0.344 e. The van der Waals surface area contributed by atoms with Crippen LogP contribution in [0.5, 0.6) is 0 Å². The number of benzene rings is 1. The Hall–Kier alpha value is 0.194. The third kappa shape index (κ3) is 3.29. The first kappa shape index (κ1) is 12.2. The summed E-state index contributed by atoms with van der Waals surface area (Å²) in [5, 5.41) is 0. The molecule has 0 aliphatic rings. The van der Waals surface area contributed by atoms with Gasteiger partial charge in [-0.15, -0.1) is 18.6 Å². The molecule has 0 aromatic heterocycles. The maximum absolute atomic E-state index is 3.95. The zero-order valence-electron chi connectivity index (χ0n) is 7.64. The Labute approximate surface area is 101 Å². The molecule has 63 valence electrons. The summed E-state index contributed by atoms with van der Waals surface area (Å²) >= 11 is 0. The quantitative estimate of drug-likeness (QED) is 0.691. The van der Waals surface area contributed by atoms with Crippen LogP contribution in [0.25, 0.3) is 0 Å². The molecule has 0 saturated heterocycles. The van der Waals surface area contributed by atoms with Gasteiger partial charge in [0.15, 0.2) is 0 Å². The predicted molar refractivity (Wildman–Crippen MR) is 49.3 cm³/mol. The van der Waals surface area contributed by atoms with Crippen molar-refractivity contribution in [3.8, 4) is 0 Å². The molecule has 0 atom stereocenters. The normalized spacial score (nSPS) is 9.17. The Morgan fingerprint density at radius 1 is 1.33 bits per heavy atom. The molecule has 1 rings (SSSR count). The Morgan fingerprint density at radius 2 is 2.00 bits per heavy atom. The molecule has 1 aromatic carbocycles. The first-order valence-electron chi connectivity index (χ1n) is 3.95. The topological polar surface area (TPSA) is 0 Å². The van der Waals surface area contributed by atoms with Gasteiger partial charge in [-0.1, -0.05) is 5.56 Å². The van der Waals surface area contributed by atoms with Gasteiger partial charge in [-0.25, -0.2) is 0 Å². The van der Waals surface area contributed by atoms with Crippen molar-refractivity contribution in [1.82, 2.24) is 0 Å². The Balaban J connectivity index is 0.00000121. The number of hydrogen-bond donors (Lipinski definition) is 0. The molecule has 0 amide bonds. The van der Waals surface area contributed by atoms with Crippen molar-refractivity contribution in [3.05, 3.63) is 48.7 Å². The van der Waals surface area contributed by atoms with E-state index in [0.717, 1.165) is 18.4 Å². The first-order chi connectivity index (χ1) is 5.24. The summed E-state index contributed by atoms with van der Waals surface area (Å²) in [7, 11) is 0. The van der Waals surface area contributed by atoms with Crippen LogP contribution in [0.4, 0.5) is 0 Å². The Kier molecular flexibility index (Phi) is 5.87. The van der Waals surface area contributed by atoms with Gasteiger partial charge in [0.25, 0.3) is 0 Å². The minimum atomic E-state index is 0. The van der Waals surface area contributed by atoms with Crippen LogP contribution in [0.15, 0.2) is 18.2 Å². The summed E-state index contributed by atoms with van der Waals surface area (Å²) < 4.78 is 0. The van der Waals surface area contributed by atoms with E-state index in [1.165, 1.54) is 11.1 Å². The summed E-state index contributed by atoms with van der Waals surface area (Å²) in [6.45, 7) is 9.88. The van der Waals surface area contributed by atoms with Crippen molar-refractivity contribution < 1.29 is 32.7 Å². The molecular formula is C11H14Y-2. The fraction of sp³-hybridized carbons (Fsp3) is 0.273. The van der Waals surface area contributed by atoms with Crippen LogP contribution >= 0.6 is 0 Å². The average Bonchev–Trinajstić information content (AvgIpc) is 1.98. The summed E-state index contributed by atoms with van der Waals surface area (Å²) in [6, 6.07) is 6.35. The second-order valence-electron chi connectivity index (χ2n) is 2.88. The van der Waals surface area contributed by atoms with Crippen molar-refractivity contribution in [1.29, 1.82) is 0 Å². The fourth-order valence-corrected chi connectivity index (χ4v) is 1.18. The molecule has 0 heterocycles. The van der Waals surface area contributed by atoms with E-state index in [1.807, 2.05) is 0 Å². The Bertz CT molecular complexity index is 241. The second kappa shape index (κ2) is 5.77.